The monoisotopic (exact) mass is 346 g/mol. The number of hydrazone groups is 1. The van der Waals surface area contributed by atoms with Crippen LogP contribution in [0.25, 0.3) is 0 Å². The van der Waals surface area contributed by atoms with Crippen molar-refractivity contribution in [1.29, 1.82) is 0 Å². The number of hydrogen-bond donors (Lipinski definition) is 1. The molecule has 0 spiro atoms. The molecule has 1 heterocycles. The van der Waals surface area contributed by atoms with Crippen molar-refractivity contribution in [3.63, 3.8) is 0 Å². The molecule has 0 bridgehead atoms. The number of nitrogens with one attached hydrogen (secondary N) is 1. The Bertz CT molecular complexity index is 739. The topological polar surface area (TPSA) is 63.8 Å². The molecule has 0 unspecified atom stereocenters. The number of nitrogens with zero attached hydrogens (tertiary/aromatic N) is 1. The summed E-state index contributed by atoms with van der Waals surface area (Å²) in [5, 5.41) is 4.68. The summed E-state index contributed by atoms with van der Waals surface area (Å²) in [4.78, 5) is 12.0. The van der Waals surface area contributed by atoms with E-state index in [0.717, 1.165) is 37.0 Å². The minimum absolute atomic E-state index is 0.201. The molecule has 0 atom stereocenters. The van der Waals surface area contributed by atoms with Gasteiger partial charge in [0.2, 0.25) is 0 Å². The molecule has 1 amide bonds. The van der Waals surface area contributed by atoms with Crippen LogP contribution in [0.1, 0.15) is 47.6 Å². The van der Waals surface area contributed by atoms with Crippen molar-refractivity contribution in [1.82, 2.24) is 5.43 Å². The first-order valence-electron chi connectivity index (χ1n) is 7.96. The Hall–Kier alpha value is -2.27. The van der Waals surface area contributed by atoms with E-state index in [2.05, 4.69) is 10.5 Å². The lowest BCUT2D eigenvalue weighted by Gasteiger charge is -2.09. The maximum absolute atomic E-state index is 12.0. The summed E-state index contributed by atoms with van der Waals surface area (Å²) in [7, 11) is 0. The number of carbonyl (C=O) groups excluding carboxylic acids is 1. The SMILES string of the molecule is Cc1cccc(Cl)c1OCc1ccc(C(=O)NN=C2CCCC2)o1. The van der Waals surface area contributed by atoms with Crippen molar-refractivity contribution in [2.24, 2.45) is 5.10 Å². The first-order valence-corrected chi connectivity index (χ1v) is 8.33. The summed E-state index contributed by atoms with van der Waals surface area (Å²) in [6.07, 6.45) is 4.18. The first-order chi connectivity index (χ1) is 11.6. The van der Waals surface area contributed by atoms with Crippen LogP contribution in [0.5, 0.6) is 5.75 Å². The molecule has 126 valence electrons. The van der Waals surface area contributed by atoms with E-state index in [9.17, 15) is 4.79 Å². The zero-order valence-corrected chi connectivity index (χ0v) is 14.2. The lowest BCUT2D eigenvalue weighted by molar-refractivity contribution is 0.0923. The van der Waals surface area contributed by atoms with Gasteiger partial charge in [0.1, 0.15) is 18.1 Å². The van der Waals surface area contributed by atoms with E-state index in [-0.39, 0.29) is 18.3 Å². The van der Waals surface area contributed by atoms with Gasteiger partial charge in [0.05, 0.1) is 5.02 Å². The first kappa shape index (κ1) is 16.6. The van der Waals surface area contributed by atoms with Gasteiger partial charge in [-0.3, -0.25) is 4.79 Å². The van der Waals surface area contributed by atoms with Crippen molar-refractivity contribution in [2.45, 2.75) is 39.2 Å². The van der Waals surface area contributed by atoms with E-state index in [4.69, 9.17) is 20.8 Å². The molecule has 3 rings (SSSR count). The number of halogens is 1. The molecule has 1 N–H and O–H groups in total. The molecule has 1 aliphatic rings. The maximum Gasteiger partial charge on any atom is 0.307 e. The Morgan fingerprint density at radius 3 is 2.83 bits per heavy atom. The van der Waals surface area contributed by atoms with Gasteiger partial charge in [-0.15, -0.1) is 0 Å². The smallest absolute Gasteiger partial charge is 0.307 e. The van der Waals surface area contributed by atoms with E-state index < -0.39 is 0 Å². The van der Waals surface area contributed by atoms with E-state index in [1.54, 1.807) is 18.2 Å². The van der Waals surface area contributed by atoms with Crippen LogP contribution < -0.4 is 10.2 Å². The maximum atomic E-state index is 12.0. The van der Waals surface area contributed by atoms with Gasteiger partial charge in [0.25, 0.3) is 0 Å². The highest BCUT2D eigenvalue weighted by molar-refractivity contribution is 6.32. The average Bonchev–Trinajstić information content (AvgIpc) is 3.24. The molecular formula is C18H19ClN2O3. The standard InChI is InChI=1S/C18H19ClN2O3/c1-12-5-4-8-15(19)17(12)23-11-14-9-10-16(24-14)18(22)21-20-13-6-2-3-7-13/h4-5,8-10H,2-3,6-7,11H2,1H3,(H,21,22). The minimum Gasteiger partial charge on any atom is -0.484 e. The fraction of sp³-hybridized carbons (Fsp3) is 0.333. The summed E-state index contributed by atoms with van der Waals surface area (Å²) in [6.45, 7) is 2.12. The summed E-state index contributed by atoms with van der Waals surface area (Å²) in [5.41, 5.74) is 4.52. The molecule has 1 aromatic carbocycles. The third-order valence-corrected chi connectivity index (χ3v) is 4.20. The number of para-hydroxylation sites is 1. The molecule has 1 aliphatic carbocycles. The van der Waals surface area contributed by atoms with Crippen LogP contribution in [-0.2, 0) is 6.61 Å². The summed E-state index contributed by atoms with van der Waals surface area (Å²) in [6, 6.07) is 8.88. The Kier molecular flexibility index (Phi) is 5.20. The molecule has 0 radical (unpaired) electrons. The van der Waals surface area contributed by atoms with Crippen molar-refractivity contribution < 1.29 is 13.9 Å². The molecule has 24 heavy (non-hydrogen) atoms. The summed E-state index contributed by atoms with van der Waals surface area (Å²) < 4.78 is 11.2. The lowest BCUT2D eigenvalue weighted by Crippen LogP contribution is -2.18. The lowest BCUT2D eigenvalue weighted by atomic mass is 10.2. The molecule has 0 aliphatic heterocycles. The van der Waals surface area contributed by atoms with Gasteiger partial charge >= 0.3 is 5.91 Å². The van der Waals surface area contributed by atoms with Crippen LogP contribution in [0.2, 0.25) is 5.02 Å². The van der Waals surface area contributed by atoms with Gasteiger partial charge in [-0.25, -0.2) is 5.43 Å². The molecule has 1 aromatic heterocycles. The molecule has 2 aromatic rings. The number of benzene rings is 1. The zero-order valence-electron chi connectivity index (χ0n) is 13.5. The van der Waals surface area contributed by atoms with Crippen LogP contribution in [0, 0.1) is 6.92 Å². The van der Waals surface area contributed by atoms with E-state index >= 15 is 0 Å². The Morgan fingerprint density at radius 1 is 1.29 bits per heavy atom. The quantitative estimate of drug-likeness (QED) is 0.812. The highest BCUT2D eigenvalue weighted by Gasteiger charge is 2.14. The average molecular weight is 347 g/mol. The second kappa shape index (κ2) is 7.53. The van der Waals surface area contributed by atoms with E-state index in [0.29, 0.717) is 16.5 Å². The molecular weight excluding hydrogens is 328 g/mol. The molecule has 5 nitrogen and oxygen atoms in total. The summed E-state index contributed by atoms with van der Waals surface area (Å²) in [5.74, 6) is 1.03. The van der Waals surface area contributed by atoms with Crippen LogP contribution in [0.4, 0.5) is 0 Å². The van der Waals surface area contributed by atoms with E-state index in [1.807, 2.05) is 19.1 Å². The number of carbonyl (C=O) groups is 1. The van der Waals surface area contributed by atoms with Crippen molar-refractivity contribution in [2.75, 3.05) is 0 Å². The Morgan fingerprint density at radius 2 is 2.08 bits per heavy atom. The number of hydrogen-bond acceptors (Lipinski definition) is 4. The fourth-order valence-electron chi connectivity index (χ4n) is 2.60. The van der Waals surface area contributed by atoms with Crippen molar-refractivity contribution in [3.8, 4) is 5.75 Å². The predicted molar refractivity (Wildman–Crippen MR) is 92.6 cm³/mol. The number of furan rings is 1. The molecule has 0 saturated heterocycles. The number of ether oxygens (including phenoxy) is 1. The third kappa shape index (κ3) is 3.97. The van der Waals surface area contributed by atoms with Crippen LogP contribution in [0.3, 0.4) is 0 Å². The van der Waals surface area contributed by atoms with Gasteiger partial charge in [-0.05, 0) is 56.4 Å². The van der Waals surface area contributed by atoms with E-state index in [1.165, 1.54) is 0 Å². The fourth-order valence-corrected chi connectivity index (χ4v) is 2.88. The van der Waals surface area contributed by atoms with Crippen LogP contribution in [0.15, 0.2) is 39.9 Å². The van der Waals surface area contributed by atoms with Gasteiger partial charge < -0.3 is 9.15 Å². The zero-order chi connectivity index (χ0) is 16.9. The predicted octanol–water partition coefficient (Wildman–Crippen LogP) is 4.48. The largest absolute Gasteiger partial charge is 0.484 e. The highest BCUT2D eigenvalue weighted by atomic mass is 35.5. The molecule has 1 fully saturated rings. The minimum atomic E-state index is -0.352. The van der Waals surface area contributed by atoms with Gasteiger partial charge in [-0.1, -0.05) is 23.7 Å². The van der Waals surface area contributed by atoms with Crippen molar-refractivity contribution in [3.05, 3.63) is 52.4 Å². The van der Waals surface area contributed by atoms with Gasteiger partial charge in [-0.2, -0.15) is 5.10 Å². The molecule has 6 heteroatoms. The second-order valence-electron chi connectivity index (χ2n) is 5.77. The highest BCUT2D eigenvalue weighted by Crippen LogP contribution is 2.28. The van der Waals surface area contributed by atoms with Gasteiger partial charge in [0.15, 0.2) is 5.76 Å². The summed E-state index contributed by atoms with van der Waals surface area (Å²) >= 11 is 6.12. The van der Waals surface area contributed by atoms with Crippen LogP contribution in [-0.4, -0.2) is 11.6 Å². The molecule has 1 saturated carbocycles. The van der Waals surface area contributed by atoms with Gasteiger partial charge in [0, 0.05) is 5.71 Å². The normalized spacial score (nSPS) is 13.8. The second-order valence-corrected chi connectivity index (χ2v) is 6.17. The van der Waals surface area contributed by atoms with Crippen LogP contribution >= 0.6 is 11.6 Å². The number of aryl methyl sites for hydroxylation is 1. The Labute approximate surface area is 145 Å². The number of rotatable bonds is 5. The van der Waals surface area contributed by atoms with Crippen molar-refractivity contribution >= 4 is 23.2 Å². The Balaban J connectivity index is 1.59. The third-order valence-electron chi connectivity index (χ3n) is 3.90. The number of amides is 1.